The van der Waals surface area contributed by atoms with Gasteiger partial charge in [0.2, 0.25) is 5.95 Å². The maximum absolute atomic E-state index is 16.0. The molecule has 236 valence electrons. The van der Waals surface area contributed by atoms with Gasteiger partial charge in [0, 0.05) is 12.0 Å². The fraction of sp³-hybridized carbons (Fsp3) is 0.524. The molecule has 7 rings (SSSR count). The Morgan fingerprint density at radius 2 is 1.82 bits per heavy atom. The van der Waals surface area contributed by atoms with E-state index in [9.17, 15) is 14.3 Å². The predicted molar refractivity (Wildman–Crippen MR) is 158 cm³/mol. The molecule has 0 spiro atoms. The zero-order valence-corrected chi connectivity index (χ0v) is 25.8. The molecule has 3 aliphatic rings. The summed E-state index contributed by atoms with van der Waals surface area (Å²) < 4.78 is 61.0. The fourth-order valence-corrected chi connectivity index (χ4v) is 8.82. The second-order valence-corrected chi connectivity index (χ2v) is 16.2. The summed E-state index contributed by atoms with van der Waals surface area (Å²) in [6.45, 7) is -8.84. The summed E-state index contributed by atoms with van der Waals surface area (Å²) in [5, 5.41) is 0. The van der Waals surface area contributed by atoms with Crippen LogP contribution in [0.1, 0.15) is 25.1 Å². The van der Waals surface area contributed by atoms with Crippen LogP contribution in [0.25, 0.3) is 22.3 Å². The van der Waals surface area contributed by atoms with Gasteiger partial charge >= 0.3 is 13.5 Å². The second kappa shape index (κ2) is 11.0. The summed E-state index contributed by atoms with van der Waals surface area (Å²) in [4.78, 5) is 46.2. The van der Waals surface area contributed by atoms with Gasteiger partial charge in [0.1, 0.15) is 24.1 Å². The van der Waals surface area contributed by atoms with Gasteiger partial charge in [0.25, 0.3) is 5.56 Å². The Bertz CT molecular complexity index is 1910. The van der Waals surface area contributed by atoms with Crippen molar-refractivity contribution < 1.29 is 36.7 Å². The van der Waals surface area contributed by atoms with Crippen LogP contribution in [-0.4, -0.2) is 81.6 Å². The van der Waals surface area contributed by atoms with E-state index in [1.54, 1.807) is 4.57 Å². The zero-order chi connectivity index (χ0) is 31.0. The monoisotopic (exact) mass is 690 g/mol. The van der Waals surface area contributed by atoms with Gasteiger partial charge in [-0.3, -0.25) is 18.9 Å². The quantitative estimate of drug-likeness (QED) is 0.147. The number of nitrogens with one attached hydrogen (secondary N) is 1. The van der Waals surface area contributed by atoms with Crippen molar-refractivity contribution in [1.29, 1.82) is 0 Å². The van der Waals surface area contributed by atoms with Gasteiger partial charge in [0.05, 0.1) is 32.0 Å². The lowest BCUT2D eigenvalue weighted by Crippen LogP contribution is -2.34. The molecule has 2 saturated heterocycles. The first-order valence-corrected chi connectivity index (χ1v) is 18.4. The molecule has 4 aromatic heterocycles. The minimum atomic E-state index is -4.20. The van der Waals surface area contributed by atoms with Crippen LogP contribution in [0.2, 0.25) is 0 Å². The summed E-state index contributed by atoms with van der Waals surface area (Å²) in [6.07, 6.45) is -2.27. The first-order chi connectivity index (χ1) is 20.9. The molecule has 5 unspecified atom stereocenters. The first kappa shape index (κ1) is 30.1. The molecule has 3 fully saturated rings. The number of aromatic nitrogens is 8. The van der Waals surface area contributed by atoms with Crippen molar-refractivity contribution in [1.82, 2.24) is 39.0 Å². The van der Waals surface area contributed by atoms with Gasteiger partial charge < -0.3 is 39.2 Å². The molecule has 18 nitrogen and oxygen atoms in total. The number of aromatic amines is 1. The average molecular weight is 691 g/mol. The average Bonchev–Trinajstić information content (AvgIpc) is 3.72. The molecule has 9 atom stereocenters. The van der Waals surface area contributed by atoms with Crippen LogP contribution in [0.5, 0.6) is 0 Å². The second-order valence-electron chi connectivity index (χ2n) is 10.5. The number of nitrogen functional groups attached to an aromatic ring is 2. The molecule has 23 heteroatoms. The van der Waals surface area contributed by atoms with E-state index < -0.39 is 62.3 Å². The molecule has 6 N–H and O–H groups in total. The summed E-state index contributed by atoms with van der Waals surface area (Å²) in [5.41, 5.74) is 11.9. The van der Waals surface area contributed by atoms with E-state index in [1.165, 1.54) is 23.5 Å². The number of nitrogens with two attached hydrogens (primary N) is 2. The summed E-state index contributed by atoms with van der Waals surface area (Å²) in [6, 6.07) is -0.353. The Morgan fingerprint density at radius 1 is 1.05 bits per heavy atom. The number of hydrogen-bond donors (Lipinski definition) is 5. The Morgan fingerprint density at radius 3 is 2.64 bits per heavy atom. The lowest BCUT2D eigenvalue weighted by atomic mass is 10.1. The van der Waals surface area contributed by atoms with Crippen LogP contribution < -0.4 is 17.0 Å². The lowest BCUT2D eigenvalue weighted by Gasteiger charge is -2.29. The molecular weight excluding hydrogens is 665 g/mol. The van der Waals surface area contributed by atoms with E-state index in [0.29, 0.717) is 6.42 Å². The van der Waals surface area contributed by atoms with Crippen molar-refractivity contribution in [3.05, 3.63) is 29.3 Å². The van der Waals surface area contributed by atoms with E-state index in [2.05, 4.69) is 42.2 Å². The number of fused-ring (bicyclic) bond motifs is 4. The van der Waals surface area contributed by atoms with Crippen molar-refractivity contribution in [2.24, 2.45) is 5.92 Å². The zero-order valence-electron chi connectivity index (χ0n) is 22.3. The molecular formula is C21H25FN10O8P2S2. The molecule has 44 heavy (non-hydrogen) atoms. The van der Waals surface area contributed by atoms with Crippen molar-refractivity contribution in [3.8, 4) is 0 Å². The number of H-pyrrole nitrogens is 1. The number of ether oxygens (including phenoxy) is 1. The van der Waals surface area contributed by atoms with Gasteiger partial charge in [-0.05, 0) is 24.6 Å². The highest BCUT2D eigenvalue weighted by Gasteiger charge is 2.52. The number of halogens is 1. The van der Waals surface area contributed by atoms with Crippen LogP contribution in [0, 0.1) is 5.92 Å². The topological polar surface area (TPSA) is 243 Å². The van der Waals surface area contributed by atoms with E-state index in [1.807, 2.05) is 0 Å². The number of rotatable bonds is 2. The van der Waals surface area contributed by atoms with Crippen LogP contribution in [0.4, 0.5) is 16.2 Å². The highest BCUT2D eigenvalue weighted by Crippen LogP contribution is 2.59. The molecule has 0 bridgehead atoms. The SMILES string of the molecule is Nc1nc2c(ncn2[C@H]2CC3OP(O)(=S)OC[C@H]4O[C@@H](n5cnc6c(N)ncnc65)C(F)C4OP(=O)(S)OC[C@H]3C2)c(=O)[nH]1. The molecule has 0 amide bonds. The maximum Gasteiger partial charge on any atom is 0.386 e. The highest BCUT2D eigenvalue weighted by molar-refractivity contribution is 8.44. The third-order valence-electron chi connectivity index (χ3n) is 7.75. The number of alkyl halides is 1. The van der Waals surface area contributed by atoms with Crippen LogP contribution >= 0.6 is 25.8 Å². The van der Waals surface area contributed by atoms with E-state index >= 15 is 4.39 Å². The maximum atomic E-state index is 16.0. The van der Waals surface area contributed by atoms with Crippen molar-refractivity contribution >= 4 is 71.7 Å². The van der Waals surface area contributed by atoms with Crippen LogP contribution in [0.3, 0.4) is 0 Å². The van der Waals surface area contributed by atoms with Crippen molar-refractivity contribution in [3.63, 3.8) is 0 Å². The van der Waals surface area contributed by atoms with Crippen molar-refractivity contribution in [2.45, 2.75) is 49.6 Å². The highest BCUT2D eigenvalue weighted by atomic mass is 32.7. The van der Waals surface area contributed by atoms with Gasteiger partial charge in [-0.1, -0.05) is 12.2 Å². The molecule has 0 aromatic carbocycles. The largest absolute Gasteiger partial charge is 0.386 e. The smallest absolute Gasteiger partial charge is 0.382 e. The van der Waals surface area contributed by atoms with Crippen molar-refractivity contribution in [2.75, 3.05) is 24.7 Å². The normalized spacial score (nSPS) is 36.6. The Balaban J connectivity index is 1.15. The Hall–Kier alpha value is -2.58. The Kier molecular flexibility index (Phi) is 7.55. The number of nitrogens with zero attached hydrogens (tertiary/aromatic N) is 7. The van der Waals surface area contributed by atoms with Crippen LogP contribution in [-0.2, 0) is 39.2 Å². The Labute approximate surface area is 256 Å². The minimum Gasteiger partial charge on any atom is -0.382 e. The molecule has 6 heterocycles. The van der Waals surface area contributed by atoms with Gasteiger partial charge in [0.15, 0.2) is 35.0 Å². The third kappa shape index (κ3) is 5.44. The fourth-order valence-electron chi connectivity index (χ4n) is 5.78. The molecule has 2 aliphatic heterocycles. The third-order valence-corrected chi connectivity index (χ3v) is 11.0. The predicted octanol–water partition coefficient (Wildman–Crippen LogP) is 1.38. The van der Waals surface area contributed by atoms with E-state index in [-0.39, 0.29) is 53.2 Å². The number of imidazole rings is 2. The van der Waals surface area contributed by atoms with E-state index in [0.717, 1.165) is 0 Å². The molecule has 0 radical (unpaired) electrons. The van der Waals surface area contributed by atoms with Gasteiger partial charge in [-0.15, -0.1) is 0 Å². The summed E-state index contributed by atoms with van der Waals surface area (Å²) >= 11 is 9.41. The molecule has 1 aliphatic carbocycles. The molecule has 1 saturated carbocycles. The lowest BCUT2D eigenvalue weighted by molar-refractivity contribution is -0.0454. The van der Waals surface area contributed by atoms with Crippen LogP contribution in [0.15, 0.2) is 23.8 Å². The number of hydrogen-bond acceptors (Lipinski definition) is 15. The summed E-state index contributed by atoms with van der Waals surface area (Å²) in [5.74, 6) is -0.506. The van der Waals surface area contributed by atoms with E-state index in [4.69, 9.17) is 46.1 Å². The number of thiol groups is 1. The minimum absolute atomic E-state index is 0.0828. The van der Waals surface area contributed by atoms with Gasteiger partial charge in [-0.2, -0.15) is 4.98 Å². The molecule has 4 aromatic rings. The summed E-state index contributed by atoms with van der Waals surface area (Å²) in [7, 11) is 0. The first-order valence-electron chi connectivity index (χ1n) is 13.2. The number of anilines is 2. The van der Waals surface area contributed by atoms with Gasteiger partial charge in [-0.25, -0.2) is 28.9 Å². The standard InChI is InChI=1S/C21H25FN10O8P2S2/c22-12-15-11(38-20(12)32-7-27-13-16(23)25-5-26-17(13)32)4-37-41(34,43)39-10-2-9(1-8(10)3-36-42(35,44)40-15)31-6-28-14-18(31)29-21(24)30-19(14)33/h5-12,15,20H,1-4H2,(H,34,43)(H,35,44)(H2,23,25,26)(H3,24,29,30,33)/t8-,9-,10?,11-,12?,15?,20-,41?,42?/m1/s1.